The van der Waals surface area contributed by atoms with E-state index in [4.69, 9.17) is 0 Å². The molecule has 0 unspecified atom stereocenters. The molecule has 1 saturated heterocycles. The van der Waals surface area contributed by atoms with Gasteiger partial charge in [-0.2, -0.15) is 0 Å². The van der Waals surface area contributed by atoms with E-state index in [-0.39, 0.29) is 5.91 Å². The van der Waals surface area contributed by atoms with Crippen LogP contribution in [0.2, 0.25) is 0 Å². The molecule has 1 amide bonds. The Morgan fingerprint density at radius 1 is 1.83 bits per heavy atom. The minimum Gasteiger partial charge on any atom is -0.291 e. The maximum absolute atomic E-state index is 9.96. The SMILES string of the molecule is O=C1[C]CNN1. The van der Waals surface area contributed by atoms with Crippen LogP contribution in [-0.4, -0.2) is 12.5 Å². The smallest absolute Gasteiger partial charge is 0.244 e. The standard InChI is InChI=1S/C3H4N2O/c6-3-1-2-4-5-3/h4H,2H2,(H,5,6). The maximum Gasteiger partial charge on any atom is 0.244 e. The van der Waals surface area contributed by atoms with Crippen molar-refractivity contribution in [1.82, 2.24) is 10.9 Å². The number of rotatable bonds is 0. The molecule has 0 aromatic heterocycles. The number of nitrogens with one attached hydrogen (secondary N) is 2. The number of hydrogen-bond acceptors (Lipinski definition) is 2. The number of hydrogen-bond donors (Lipinski definition) is 2. The fourth-order valence-electron chi connectivity index (χ4n) is 0.293. The lowest BCUT2D eigenvalue weighted by molar-refractivity contribution is -0.116. The normalized spacial score (nSPS) is 21.0. The van der Waals surface area contributed by atoms with E-state index >= 15 is 0 Å². The van der Waals surface area contributed by atoms with Gasteiger partial charge in [0.25, 0.3) is 0 Å². The Morgan fingerprint density at radius 3 is 2.83 bits per heavy atom. The van der Waals surface area contributed by atoms with Crippen molar-refractivity contribution in [1.29, 1.82) is 0 Å². The van der Waals surface area contributed by atoms with Crippen LogP contribution in [0.5, 0.6) is 0 Å². The molecule has 2 radical (unpaired) electrons. The summed E-state index contributed by atoms with van der Waals surface area (Å²) in [6.07, 6.45) is 2.46. The molecule has 1 aliphatic rings. The fourth-order valence-corrected chi connectivity index (χ4v) is 0.293. The molecule has 32 valence electrons. The highest BCUT2D eigenvalue weighted by Crippen LogP contribution is 1.77. The summed E-state index contributed by atoms with van der Waals surface area (Å²) >= 11 is 0. The van der Waals surface area contributed by atoms with Crippen molar-refractivity contribution >= 4 is 5.91 Å². The van der Waals surface area contributed by atoms with Gasteiger partial charge in [0.15, 0.2) is 0 Å². The van der Waals surface area contributed by atoms with Crippen molar-refractivity contribution in [2.24, 2.45) is 0 Å². The molecule has 0 bridgehead atoms. The van der Waals surface area contributed by atoms with Gasteiger partial charge in [-0.25, -0.2) is 5.43 Å². The number of hydrazine groups is 1. The summed E-state index contributed by atoms with van der Waals surface area (Å²) in [5.74, 6) is -0.157. The molecule has 0 aromatic rings. The zero-order valence-electron chi connectivity index (χ0n) is 3.12. The lowest BCUT2D eigenvalue weighted by atomic mass is 10.5. The first-order chi connectivity index (χ1) is 2.89. The van der Waals surface area contributed by atoms with Crippen molar-refractivity contribution < 1.29 is 4.79 Å². The lowest BCUT2D eigenvalue weighted by Crippen LogP contribution is -2.25. The second-order valence-corrected chi connectivity index (χ2v) is 0.984. The van der Waals surface area contributed by atoms with Gasteiger partial charge >= 0.3 is 0 Å². The Bertz CT molecular complexity index is 63.2. The summed E-state index contributed by atoms with van der Waals surface area (Å²) < 4.78 is 0. The van der Waals surface area contributed by atoms with Crippen molar-refractivity contribution in [3.8, 4) is 0 Å². The summed E-state index contributed by atoms with van der Waals surface area (Å²) in [5.41, 5.74) is 4.88. The van der Waals surface area contributed by atoms with Gasteiger partial charge in [-0.05, 0) is 0 Å². The molecule has 2 N–H and O–H groups in total. The first-order valence-electron chi connectivity index (χ1n) is 1.66. The molecule has 1 fully saturated rings. The van der Waals surface area contributed by atoms with Gasteiger partial charge in [-0.15, -0.1) is 0 Å². The van der Waals surface area contributed by atoms with Gasteiger partial charge in [0, 0.05) is 6.54 Å². The first-order valence-corrected chi connectivity index (χ1v) is 1.66. The molecule has 0 aromatic carbocycles. The third-order valence-electron chi connectivity index (χ3n) is 0.539. The Kier molecular flexibility index (Phi) is 0.759. The summed E-state index contributed by atoms with van der Waals surface area (Å²) in [7, 11) is 0. The average Bonchev–Trinajstić information content (AvgIpc) is 1.86. The largest absolute Gasteiger partial charge is 0.291 e. The van der Waals surface area contributed by atoms with E-state index in [1.807, 2.05) is 0 Å². The van der Waals surface area contributed by atoms with Crippen LogP contribution in [0, 0.1) is 6.42 Å². The predicted octanol–water partition coefficient (Wildman–Crippen LogP) is -1.30. The van der Waals surface area contributed by atoms with Gasteiger partial charge in [-0.3, -0.25) is 10.2 Å². The van der Waals surface area contributed by atoms with Gasteiger partial charge in [0.1, 0.15) is 0 Å². The zero-order chi connectivity index (χ0) is 4.41. The molecule has 0 spiro atoms. The van der Waals surface area contributed by atoms with Crippen LogP contribution in [0.3, 0.4) is 0 Å². The van der Waals surface area contributed by atoms with Crippen molar-refractivity contribution in [3.63, 3.8) is 0 Å². The summed E-state index contributed by atoms with van der Waals surface area (Å²) in [6.45, 7) is 0.527. The second-order valence-electron chi connectivity index (χ2n) is 0.984. The quantitative estimate of drug-likeness (QED) is 0.383. The fraction of sp³-hybridized carbons (Fsp3) is 0.333. The maximum atomic E-state index is 9.96. The monoisotopic (exact) mass is 84.0 g/mol. The van der Waals surface area contributed by atoms with Crippen molar-refractivity contribution in [2.75, 3.05) is 6.54 Å². The van der Waals surface area contributed by atoms with Crippen LogP contribution in [0.4, 0.5) is 0 Å². The van der Waals surface area contributed by atoms with E-state index in [1.54, 1.807) is 0 Å². The van der Waals surface area contributed by atoms with E-state index in [1.165, 1.54) is 0 Å². The molecule has 1 aliphatic heterocycles. The van der Waals surface area contributed by atoms with Gasteiger partial charge < -0.3 is 0 Å². The Balaban J connectivity index is 2.37. The summed E-state index contributed by atoms with van der Waals surface area (Å²) in [5, 5.41) is 0. The molecule has 0 saturated carbocycles. The van der Waals surface area contributed by atoms with E-state index < -0.39 is 0 Å². The van der Waals surface area contributed by atoms with Gasteiger partial charge in [-0.1, -0.05) is 0 Å². The minimum absolute atomic E-state index is 0.157. The average molecular weight is 84.1 g/mol. The van der Waals surface area contributed by atoms with Crippen molar-refractivity contribution in [3.05, 3.63) is 6.42 Å². The van der Waals surface area contributed by atoms with E-state index in [0.29, 0.717) is 6.54 Å². The van der Waals surface area contributed by atoms with Crippen LogP contribution in [-0.2, 0) is 4.79 Å². The third-order valence-corrected chi connectivity index (χ3v) is 0.539. The van der Waals surface area contributed by atoms with Crippen LogP contribution < -0.4 is 10.9 Å². The topological polar surface area (TPSA) is 41.1 Å². The molecule has 0 atom stereocenters. The van der Waals surface area contributed by atoms with E-state index in [2.05, 4.69) is 17.3 Å². The Labute approximate surface area is 35.7 Å². The molecular formula is C3H4N2O. The molecule has 0 aliphatic carbocycles. The number of amides is 1. The van der Waals surface area contributed by atoms with Crippen LogP contribution >= 0.6 is 0 Å². The third kappa shape index (κ3) is 0.490. The Morgan fingerprint density at radius 2 is 2.67 bits per heavy atom. The second kappa shape index (κ2) is 1.26. The minimum atomic E-state index is -0.157. The van der Waals surface area contributed by atoms with Gasteiger partial charge in [0.05, 0.1) is 6.42 Å². The van der Waals surface area contributed by atoms with E-state index in [9.17, 15) is 4.79 Å². The molecule has 1 heterocycles. The molecular weight excluding hydrogens is 80.0 g/mol. The molecule has 3 heteroatoms. The highest BCUT2D eigenvalue weighted by Gasteiger charge is 2.06. The first kappa shape index (κ1) is 3.61. The lowest BCUT2D eigenvalue weighted by Gasteiger charge is -1.82. The molecule has 3 nitrogen and oxygen atoms in total. The van der Waals surface area contributed by atoms with Crippen molar-refractivity contribution in [2.45, 2.75) is 0 Å². The number of carbonyl (C=O) groups excluding carboxylic acids is 1. The van der Waals surface area contributed by atoms with E-state index in [0.717, 1.165) is 0 Å². The highest BCUT2D eigenvalue weighted by molar-refractivity contribution is 5.86. The Hall–Kier alpha value is -0.570. The summed E-state index contributed by atoms with van der Waals surface area (Å²) in [4.78, 5) is 9.96. The molecule has 6 heavy (non-hydrogen) atoms. The van der Waals surface area contributed by atoms with Crippen LogP contribution in [0.15, 0.2) is 0 Å². The van der Waals surface area contributed by atoms with Crippen LogP contribution in [0.1, 0.15) is 0 Å². The van der Waals surface area contributed by atoms with Crippen LogP contribution in [0.25, 0.3) is 0 Å². The van der Waals surface area contributed by atoms with Gasteiger partial charge in [0.2, 0.25) is 5.91 Å². The number of carbonyl (C=O) groups is 1. The zero-order valence-corrected chi connectivity index (χ0v) is 3.12. The highest BCUT2D eigenvalue weighted by atomic mass is 16.2. The summed E-state index contributed by atoms with van der Waals surface area (Å²) in [6, 6.07) is 0. The molecule has 1 rings (SSSR count). The predicted molar refractivity (Wildman–Crippen MR) is 19.4 cm³/mol.